The summed E-state index contributed by atoms with van der Waals surface area (Å²) in [5.74, 6) is 1.68. The molecule has 15 heavy (non-hydrogen) atoms. The molecular formula is C13H25NO. The van der Waals surface area contributed by atoms with Crippen molar-refractivity contribution in [3.05, 3.63) is 0 Å². The van der Waals surface area contributed by atoms with Crippen LogP contribution in [0.3, 0.4) is 0 Å². The minimum Gasteiger partial charge on any atom is -0.343 e. The van der Waals surface area contributed by atoms with Gasteiger partial charge < -0.3 is 4.90 Å². The maximum Gasteiger partial charge on any atom is 0.228 e. The van der Waals surface area contributed by atoms with E-state index < -0.39 is 0 Å². The Labute approximate surface area is 94.0 Å². The molecule has 1 amide bonds. The fraction of sp³-hybridized carbons (Fsp3) is 0.923. The van der Waals surface area contributed by atoms with Gasteiger partial charge in [-0.3, -0.25) is 4.79 Å². The summed E-state index contributed by atoms with van der Waals surface area (Å²) in [4.78, 5) is 14.2. The zero-order valence-electron chi connectivity index (χ0n) is 10.8. The summed E-state index contributed by atoms with van der Waals surface area (Å²) in [7, 11) is 0. The predicted molar refractivity (Wildman–Crippen MR) is 63.6 cm³/mol. The second-order valence-corrected chi connectivity index (χ2v) is 5.09. The molecule has 1 rings (SSSR count). The third-order valence-corrected chi connectivity index (χ3v) is 4.17. The molecule has 1 aliphatic carbocycles. The summed E-state index contributed by atoms with van der Waals surface area (Å²) in [5.41, 5.74) is -0.0402. The van der Waals surface area contributed by atoms with Crippen LogP contribution in [0, 0.1) is 17.3 Å². The molecule has 0 saturated heterocycles. The van der Waals surface area contributed by atoms with Gasteiger partial charge in [0.25, 0.3) is 0 Å². The lowest BCUT2D eigenvalue weighted by Crippen LogP contribution is -2.37. The number of hydrogen-bond acceptors (Lipinski definition) is 1. The van der Waals surface area contributed by atoms with Gasteiger partial charge in [0.05, 0.1) is 0 Å². The minimum absolute atomic E-state index is 0.0402. The van der Waals surface area contributed by atoms with Crippen LogP contribution in [-0.2, 0) is 4.79 Å². The van der Waals surface area contributed by atoms with E-state index in [-0.39, 0.29) is 5.41 Å². The van der Waals surface area contributed by atoms with Crippen molar-refractivity contribution in [3.8, 4) is 0 Å². The van der Waals surface area contributed by atoms with Crippen molar-refractivity contribution < 1.29 is 4.79 Å². The van der Waals surface area contributed by atoms with Crippen LogP contribution >= 0.6 is 0 Å². The topological polar surface area (TPSA) is 20.3 Å². The van der Waals surface area contributed by atoms with E-state index in [0.717, 1.165) is 19.5 Å². The fourth-order valence-electron chi connectivity index (χ4n) is 2.63. The molecule has 0 aromatic rings. The van der Waals surface area contributed by atoms with Gasteiger partial charge in [0.15, 0.2) is 0 Å². The Kier molecular flexibility index (Phi) is 3.80. The number of nitrogens with zero attached hydrogens (tertiary/aromatic N) is 1. The van der Waals surface area contributed by atoms with E-state index in [4.69, 9.17) is 0 Å². The summed E-state index contributed by atoms with van der Waals surface area (Å²) >= 11 is 0. The number of carbonyl (C=O) groups excluding carboxylic acids is 1. The van der Waals surface area contributed by atoms with Crippen molar-refractivity contribution in [1.29, 1.82) is 0 Å². The highest BCUT2D eigenvalue weighted by Gasteiger charge is 2.58. The maximum atomic E-state index is 12.2. The third-order valence-electron chi connectivity index (χ3n) is 4.17. The van der Waals surface area contributed by atoms with Crippen LogP contribution in [0.2, 0.25) is 0 Å². The Morgan fingerprint density at radius 2 is 1.93 bits per heavy atom. The van der Waals surface area contributed by atoms with Gasteiger partial charge in [0.1, 0.15) is 0 Å². The van der Waals surface area contributed by atoms with Crippen LogP contribution < -0.4 is 0 Å². The lowest BCUT2D eigenvalue weighted by atomic mass is 9.94. The van der Waals surface area contributed by atoms with Crippen LogP contribution in [0.25, 0.3) is 0 Å². The van der Waals surface area contributed by atoms with Gasteiger partial charge in [-0.2, -0.15) is 0 Å². The Morgan fingerprint density at radius 1 is 1.40 bits per heavy atom. The quantitative estimate of drug-likeness (QED) is 0.684. The van der Waals surface area contributed by atoms with Gasteiger partial charge in [-0.25, -0.2) is 0 Å². The number of rotatable bonds is 5. The zero-order valence-corrected chi connectivity index (χ0v) is 10.8. The molecule has 2 nitrogen and oxygen atoms in total. The molecule has 88 valence electrons. The summed E-state index contributed by atoms with van der Waals surface area (Å²) in [5, 5.41) is 0. The lowest BCUT2D eigenvalue weighted by Gasteiger charge is -2.24. The molecule has 2 heteroatoms. The minimum atomic E-state index is -0.0402. The largest absolute Gasteiger partial charge is 0.343 e. The van der Waals surface area contributed by atoms with Gasteiger partial charge in [0, 0.05) is 18.5 Å². The van der Waals surface area contributed by atoms with Crippen LogP contribution in [0.4, 0.5) is 0 Å². The van der Waals surface area contributed by atoms with E-state index >= 15 is 0 Å². The van der Waals surface area contributed by atoms with Crippen LogP contribution in [0.15, 0.2) is 0 Å². The number of carbonyl (C=O) groups is 1. The van der Waals surface area contributed by atoms with E-state index in [1.165, 1.54) is 6.42 Å². The smallest absolute Gasteiger partial charge is 0.228 e. The maximum absolute atomic E-state index is 12.2. The Balaban J connectivity index is 2.62. The predicted octanol–water partition coefficient (Wildman–Crippen LogP) is 2.93. The van der Waals surface area contributed by atoms with Crippen molar-refractivity contribution in [3.63, 3.8) is 0 Å². The number of amides is 1. The summed E-state index contributed by atoms with van der Waals surface area (Å²) in [6.45, 7) is 12.4. The monoisotopic (exact) mass is 211 g/mol. The molecule has 0 aromatic carbocycles. The first-order chi connectivity index (χ1) is 7.01. The molecule has 0 bridgehead atoms. The molecular weight excluding hydrogens is 186 g/mol. The summed E-state index contributed by atoms with van der Waals surface area (Å²) in [6.07, 6.45) is 2.28. The Morgan fingerprint density at radius 3 is 2.33 bits per heavy atom. The Bertz CT molecular complexity index is 235. The molecule has 1 saturated carbocycles. The van der Waals surface area contributed by atoms with Crippen molar-refractivity contribution in [1.82, 2.24) is 4.90 Å². The highest BCUT2D eigenvalue weighted by molar-refractivity contribution is 5.85. The molecule has 2 unspecified atom stereocenters. The normalized spacial score (nSPS) is 31.1. The molecule has 0 radical (unpaired) electrons. The van der Waals surface area contributed by atoms with E-state index in [0.29, 0.717) is 17.7 Å². The first-order valence-corrected chi connectivity index (χ1v) is 6.30. The van der Waals surface area contributed by atoms with Gasteiger partial charge in [-0.05, 0) is 32.1 Å². The van der Waals surface area contributed by atoms with E-state index in [1.54, 1.807) is 0 Å². The summed E-state index contributed by atoms with van der Waals surface area (Å²) in [6, 6.07) is 0. The molecule has 1 fully saturated rings. The second kappa shape index (κ2) is 4.54. The van der Waals surface area contributed by atoms with E-state index in [1.807, 2.05) is 4.90 Å². The average molecular weight is 211 g/mol. The molecule has 1 aliphatic rings. The van der Waals surface area contributed by atoms with Crippen molar-refractivity contribution in [2.24, 2.45) is 17.3 Å². The van der Waals surface area contributed by atoms with Gasteiger partial charge in [-0.1, -0.05) is 27.2 Å². The highest BCUT2D eigenvalue weighted by atomic mass is 16.2. The van der Waals surface area contributed by atoms with E-state index in [2.05, 4.69) is 34.6 Å². The molecule has 0 N–H and O–H groups in total. The van der Waals surface area contributed by atoms with Crippen molar-refractivity contribution in [2.75, 3.05) is 13.1 Å². The van der Waals surface area contributed by atoms with Gasteiger partial charge >= 0.3 is 0 Å². The molecule has 0 heterocycles. The number of hydrogen-bond donors (Lipinski definition) is 0. The van der Waals surface area contributed by atoms with Gasteiger partial charge in [-0.15, -0.1) is 0 Å². The van der Waals surface area contributed by atoms with Crippen LogP contribution in [-0.4, -0.2) is 23.9 Å². The van der Waals surface area contributed by atoms with Gasteiger partial charge in [0.2, 0.25) is 5.91 Å². The molecule has 0 spiro atoms. The fourth-order valence-corrected chi connectivity index (χ4v) is 2.63. The second-order valence-electron chi connectivity index (χ2n) is 5.09. The van der Waals surface area contributed by atoms with Crippen molar-refractivity contribution >= 4 is 5.91 Å². The van der Waals surface area contributed by atoms with E-state index in [9.17, 15) is 4.79 Å². The molecule has 3 atom stereocenters. The highest BCUT2D eigenvalue weighted by Crippen LogP contribution is 2.57. The third kappa shape index (κ3) is 2.19. The molecule has 0 aromatic heterocycles. The van der Waals surface area contributed by atoms with Crippen molar-refractivity contribution in [2.45, 2.75) is 47.5 Å². The van der Waals surface area contributed by atoms with Crippen LogP contribution in [0.5, 0.6) is 0 Å². The lowest BCUT2D eigenvalue weighted by molar-refractivity contribution is -0.136. The first-order valence-electron chi connectivity index (χ1n) is 6.30. The zero-order chi connectivity index (χ0) is 11.6. The molecule has 0 aliphatic heterocycles. The summed E-state index contributed by atoms with van der Waals surface area (Å²) < 4.78 is 0. The first kappa shape index (κ1) is 12.5. The SMILES string of the molecule is CCC(C)C1C[C@]1(C)C(=O)N(CC)CC. The average Bonchev–Trinajstić information content (AvgIpc) is 2.93. The Hall–Kier alpha value is -0.530. The van der Waals surface area contributed by atoms with Crippen LogP contribution in [0.1, 0.15) is 47.5 Å². The standard InChI is InChI=1S/C13H25NO/c1-6-10(4)11-9-13(11,5)12(15)14(7-2)8-3/h10-11H,6-9H2,1-5H3/t10?,11?,13-/m0/s1.